The summed E-state index contributed by atoms with van der Waals surface area (Å²) in [7, 11) is 0. The predicted molar refractivity (Wildman–Crippen MR) is 70.2 cm³/mol. The summed E-state index contributed by atoms with van der Waals surface area (Å²) in [6.45, 7) is 5.31. The molecule has 0 aromatic heterocycles. The first-order valence-electron chi connectivity index (χ1n) is 6.02. The standard InChI is InChI=1S/C13H19ClN2O/c1-10(12-4-2-3-5-13(12)14)16-6-7-17-11(8-15)9-16/h2-5,10-11H,6-9,15H2,1H3. The maximum Gasteiger partial charge on any atom is 0.0824 e. The van der Waals surface area contributed by atoms with E-state index >= 15 is 0 Å². The van der Waals surface area contributed by atoms with Gasteiger partial charge in [-0.25, -0.2) is 0 Å². The lowest BCUT2D eigenvalue weighted by molar-refractivity contribution is -0.0364. The average Bonchev–Trinajstić information content (AvgIpc) is 2.38. The molecule has 2 N–H and O–H groups in total. The van der Waals surface area contributed by atoms with Crippen LogP contribution in [0.1, 0.15) is 18.5 Å². The fraction of sp³-hybridized carbons (Fsp3) is 0.538. The Labute approximate surface area is 107 Å². The van der Waals surface area contributed by atoms with Crippen molar-refractivity contribution in [3.8, 4) is 0 Å². The van der Waals surface area contributed by atoms with Crippen molar-refractivity contribution in [3.05, 3.63) is 34.9 Å². The average molecular weight is 255 g/mol. The van der Waals surface area contributed by atoms with Crippen molar-refractivity contribution in [1.29, 1.82) is 0 Å². The number of benzene rings is 1. The van der Waals surface area contributed by atoms with Gasteiger partial charge in [0.1, 0.15) is 0 Å². The highest BCUT2D eigenvalue weighted by atomic mass is 35.5. The zero-order valence-electron chi connectivity index (χ0n) is 10.1. The second kappa shape index (κ2) is 5.83. The third kappa shape index (κ3) is 2.99. The van der Waals surface area contributed by atoms with E-state index in [1.807, 2.05) is 18.2 Å². The number of morpholine rings is 1. The summed E-state index contributed by atoms with van der Waals surface area (Å²) in [4.78, 5) is 2.38. The lowest BCUT2D eigenvalue weighted by atomic mass is 10.1. The molecular weight excluding hydrogens is 236 g/mol. The van der Waals surface area contributed by atoms with Gasteiger partial charge in [0.05, 0.1) is 12.7 Å². The zero-order chi connectivity index (χ0) is 12.3. The summed E-state index contributed by atoms with van der Waals surface area (Å²) < 4.78 is 5.57. The van der Waals surface area contributed by atoms with Crippen LogP contribution in [-0.2, 0) is 4.74 Å². The van der Waals surface area contributed by atoms with Crippen LogP contribution in [0.2, 0.25) is 5.02 Å². The second-order valence-corrected chi connectivity index (χ2v) is 4.83. The Bertz CT molecular complexity index is 372. The fourth-order valence-electron chi connectivity index (χ4n) is 2.25. The van der Waals surface area contributed by atoms with Crippen molar-refractivity contribution in [1.82, 2.24) is 4.90 Å². The lowest BCUT2D eigenvalue weighted by Crippen LogP contribution is -2.46. The van der Waals surface area contributed by atoms with Crippen LogP contribution in [0, 0.1) is 0 Å². The molecule has 1 aromatic rings. The highest BCUT2D eigenvalue weighted by Crippen LogP contribution is 2.28. The molecule has 0 spiro atoms. The molecule has 0 saturated carbocycles. The Hall–Kier alpha value is -0.610. The molecule has 4 heteroatoms. The molecule has 2 rings (SSSR count). The summed E-state index contributed by atoms with van der Waals surface area (Å²) in [6, 6.07) is 8.31. The highest BCUT2D eigenvalue weighted by Gasteiger charge is 2.24. The predicted octanol–water partition coefficient (Wildman–Crippen LogP) is 2.06. The lowest BCUT2D eigenvalue weighted by Gasteiger charge is -2.36. The molecule has 17 heavy (non-hydrogen) atoms. The van der Waals surface area contributed by atoms with E-state index in [9.17, 15) is 0 Å². The van der Waals surface area contributed by atoms with Gasteiger partial charge in [0.25, 0.3) is 0 Å². The molecule has 1 aromatic carbocycles. The van der Waals surface area contributed by atoms with Gasteiger partial charge < -0.3 is 10.5 Å². The zero-order valence-corrected chi connectivity index (χ0v) is 10.9. The Morgan fingerprint density at radius 3 is 3.00 bits per heavy atom. The summed E-state index contributed by atoms with van der Waals surface area (Å²) in [5.41, 5.74) is 6.83. The van der Waals surface area contributed by atoms with Crippen molar-refractivity contribution >= 4 is 11.6 Å². The van der Waals surface area contributed by atoms with E-state index in [4.69, 9.17) is 22.1 Å². The maximum absolute atomic E-state index is 6.23. The van der Waals surface area contributed by atoms with Crippen LogP contribution >= 0.6 is 11.6 Å². The molecule has 1 aliphatic rings. The topological polar surface area (TPSA) is 38.5 Å². The number of rotatable bonds is 3. The van der Waals surface area contributed by atoms with Crippen LogP contribution in [0.4, 0.5) is 0 Å². The minimum absolute atomic E-state index is 0.147. The summed E-state index contributed by atoms with van der Waals surface area (Å²) in [5, 5.41) is 0.829. The van der Waals surface area contributed by atoms with Crippen LogP contribution in [0.15, 0.2) is 24.3 Å². The van der Waals surface area contributed by atoms with Crippen molar-refractivity contribution < 1.29 is 4.74 Å². The van der Waals surface area contributed by atoms with Crippen LogP contribution in [-0.4, -0.2) is 37.2 Å². The summed E-state index contributed by atoms with van der Waals surface area (Å²) in [6.07, 6.45) is 0.147. The van der Waals surface area contributed by atoms with E-state index in [-0.39, 0.29) is 6.10 Å². The molecule has 0 radical (unpaired) electrons. The SMILES string of the molecule is CC(c1ccccc1Cl)N1CCOC(CN)C1. The van der Waals surface area contributed by atoms with E-state index in [1.165, 1.54) is 5.56 Å². The minimum Gasteiger partial charge on any atom is -0.374 e. The van der Waals surface area contributed by atoms with Crippen molar-refractivity contribution in [2.24, 2.45) is 5.73 Å². The molecule has 1 heterocycles. The fourth-order valence-corrected chi connectivity index (χ4v) is 2.54. The van der Waals surface area contributed by atoms with Crippen LogP contribution < -0.4 is 5.73 Å². The maximum atomic E-state index is 6.23. The molecule has 2 unspecified atom stereocenters. The molecule has 0 bridgehead atoms. The second-order valence-electron chi connectivity index (χ2n) is 4.42. The monoisotopic (exact) mass is 254 g/mol. The minimum atomic E-state index is 0.147. The molecule has 2 atom stereocenters. The molecular formula is C13H19ClN2O. The molecule has 1 saturated heterocycles. The van der Waals surface area contributed by atoms with Crippen molar-refractivity contribution in [2.75, 3.05) is 26.2 Å². The largest absolute Gasteiger partial charge is 0.374 e. The normalized spacial score (nSPS) is 23.6. The number of ether oxygens (including phenoxy) is 1. The van der Waals surface area contributed by atoms with E-state index < -0.39 is 0 Å². The van der Waals surface area contributed by atoms with Crippen LogP contribution in [0.3, 0.4) is 0 Å². The van der Waals surface area contributed by atoms with Crippen molar-refractivity contribution in [3.63, 3.8) is 0 Å². The number of hydrogen-bond acceptors (Lipinski definition) is 3. The molecule has 1 fully saturated rings. The van der Waals surface area contributed by atoms with Crippen molar-refractivity contribution in [2.45, 2.75) is 19.1 Å². The third-order valence-electron chi connectivity index (χ3n) is 3.34. The van der Waals surface area contributed by atoms with Gasteiger partial charge in [0, 0.05) is 30.7 Å². The highest BCUT2D eigenvalue weighted by molar-refractivity contribution is 6.31. The van der Waals surface area contributed by atoms with Gasteiger partial charge >= 0.3 is 0 Å². The van der Waals surface area contributed by atoms with Gasteiger partial charge in [-0.3, -0.25) is 4.90 Å². The number of hydrogen-bond donors (Lipinski definition) is 1. The van der Waals surface area contributed by atoms with Gasteiger partial charge in [0.15, 0.2) is 0 Å². The van der Waals surface area contributed by atoms with Gasteiger partial charge in [-0.15, -0.1) is 0 Å². The van der Waals surface area contributed by atoms with Crippen LogP contribution in [0.5, 0.6) is 0 Å². The van der Waals surface area contributed by atoms with E-state index in [1.54, 1.807) is 0 Å². The smallest absolute Gasteiger partial charge is 0.0824 e. The Morgan fingerprint density at radius 1 is 1.53 bits per heavy atom. The first-order valence-corrected chi connectivity index (χ1v) is 6.40. The molecule has 3 nitrogen and oxygen atoms in total. The molecule has 1 aliphatic heterocycles. The van der Waals surface area contributed by atoms with E-state index in [0.717, 1.165) is 24.7 Å². The molecule has 94 valence electrons. The van der Waals surface area contributed by atoms with Crippen LogP contribution in [0.25, 0.3) is 0 Å². The van der Waals surface area contributed by atoms with Gasteiger partial charge in [0.2, 0.25) is 0 Å². The van der Waals surface area contributed by atoms with Gasteiger partial charge in [-0.2, -0.15) is 0 Å². The van der Waals surface area contributed by atoms with Gasteiger partial charge in [-0.1, -0.05) is 29.8 Å². The Balaban J connectivity index is 2.09. The van der Waals surface area contributed by atoms with E-state index in [2.05, 4.69) is 17.9 Å². The number of nitrogens with zero attached hydrogens (tertiary/aromatic N) is 1. The molecule has 0 aliphatic carbocycles. The van der Waals surface area contributed by atoms with E-state index in [0.29, 0.717) is 12.6 Å². The Kier molecular flexibility index (Phi) is 4.40. The third-order valence-corrected chi connectivity index (χ3v) is 3.68. The summed E-state index contributed by atoms with van der Waals surface area (Å²) >= 11 is 6.23. The number of nitrogens with two attached hydrogens (primary N) is 1. The number of halogens is 1. The first-order chi connectivity index (χ1) is 8.22. The Morgan fingerprint density at radius 2 is 2.29 bits per heavy atom. The molecule has 0 amide bonds. The summed E-state index contributed by atoms with van der Waals surface area (Å²) in [5.74, 6) is 0. The first kappa shape index (κ1) is 12.8. The van der Waals surface area contributed by atoms with Gasteiger partial charge in [-0.05, 0) is 18.6 Å². The quantitative estimate of drug-likeness (QED) is 0.898.